The number of piperazine rings is 1. The number of hydrogen-bond donors (Lipinski definition) is 0. The first kappa shape index (κ1) is 22.9. The van der Waals surface area contributed by atoms with Crippen LogP contribution in [-0.4, -0.2) is 56.2 Å². The maximum absolute atomic E-state index is 13.1. The fraction of sp³-hybridized carbons (Fsp3) is 0.240. The van der Waals surface area contributed by atoms with Gasteiger partial charge in [-0.15, -0.1) is 0 Å². The monoisotopic (exact) mass is 462 g/mol. The first-order valence-corrected chi connectivity index (χ1v) is 10.6. The molecule has 174 valence electrons. The normalized spacial score (nSPS) is 13.7. The molecule has 34 heavy (non-hydrogen) atoms. The molecule has 1 amide bonds. The van der Waals surface area contributed by atoms with Gasteiger partial charge < -0.3 is 23.7 Å². The van der Waals surface area contributed by atoms with Crippen molar-refractivity contribution in [2.75, 3.05) is 45.3 Å². The third-order valence-corrected chi connectivity index (χ3v) is 5.50. The predicted molar refractivity (Wildman–Crippen MR) is 124 cm³/mol. The highest BCUT2D eigenvalue weighted by atomic mass is 19.1. The molecule has 8 nitrogen and oxygen atoms in total. The first-order chi connectivity index (χ1) is 16.5. The van der Waals surface area contributed by atoms with Crippen LogP contribution >= 0.6 is 0 Å². The molecule has 1 aliphatic heterocycles. The zero-order valence-corrected chi connectivity index (χ0v) is 18.8. The minimum absolute atomic E-state index is 0.156. The molecule has 0 bridgehead atoms. The fourth-order valence-corrected chi connectivity index (χ4v) is 3.70. The van der Waals surface area contributed by atoms with Crippen molar-refractivity contribution in [1.82, 2.24) is 9.88 Å². The Kier molecular flexibility index (Phi) is 6.78. The van der Waals surface area contributed by atoms with Crippen molar-refractivity contribution in [1.29, 1.82) is 5.26 Å². The molecule has 1 aromatic heterocycles. The number of benzene rings is 2. The molecule has 0 N–H and O–H groups in total. The average Bonchev–Trinajstić information content (AvgIpc) is 3.30. The van der Waals surface area contributed by atoms with E-state index in [0.717, 1.165) is 5.56 Å². The van der Waals surface area contributed by atoms with Crippen molar-refractivity contribution in [2.24, 2.45) is 0 Å². The number of oxazole rings is 1. The average molecular weight is 462 g/mol. The predicted octanol–water partition coefficient (Wildman–Crippen LogP) is 3.84. The number of halogens is 1. The summed E-state index contributed by atoms with van der Waals surface area (Å²) in [6, 6.07) is 13.1. The lowest BCUT2D eigenvalue weighted by molar-refractivity contribution is 0.0745. The van der Waals surface area contributed by atoms with E-state index in [1.165, 1.54) is 24.3 Å². The van der Waals surface area contributed by atoms with E-state index >= 15 is 0 Å². The minimum Gasteiger partial charge on any atom is -0.493 e. The molecular weight excluding hydrogens is 439 g/mol. The van der Waals surface area contributed by atoms with Crippen LogP contribution in [0.5, 0.6) is 11.5 Å². The number of methoxy groups -OCH3 is 2. The van der Waals surface area contributed by atoms with E-state index in [-0.39, 0.29) is 17.4 Å². The van der Waals surface area contributed by atoms with Crippen molar-refractivity contribution in [3.63, 3.8) is 0 Å². The maximum Gasteiger partial charge on any atom is 0.253 e. The van der Waals surface area contributed by atoms with E-state index in [1.54, 1.807) is 37.3 Å². The molecule has 4 rings (SSSR count). The lowest BCUT2D eigenvalue weighted by Gasteiger charge is -2.34. The van der Waals surface area contributed by atoms with Gasteiger partial charge in [-0.05, 0) is 48.0 Å². The lowest BCUT2D eigenvalue weighted by atomic mass is 10.2. The molecular formula is C25H23FN4O4. The Labute approximate surface area is 196 Å². The minimum atomic E-state index is -0.383. The van der Waals surface area contributed by atoms with Crippen LogP contribution in [0.3, 0.4) is 0 Å². The Balaban J connectivity index is 1.44. The standard InChI is InChI=1S/C25H23FN4O4/c1-32-21-9-3-17(15-22(21)33-2)4-10-23-28-20(16-27)25(34-23)30-13-11-29(12-14-30)24(31)18-5-7-19(26)8-6-18/h3-10,15H,11-14H2,1-2H3. The van der Waals surface area contributed by atoms with Gasteiger partial charge in [0.1, 0.15) is 11.9 Å². The molecule has 1 aliphatic rings. The third kappa shape index (κ3) is 4.86. The smallest absolute Gasteiger partial charge is 0.253 e. The SMILES string of the molecule is COc1ccc(C=Cc2nc(C#N)c(N3CCN(C(=O)c4ccc(F)cc4)CC3)o2)cc1OC. The molecule has 1 fully saturated rings. The molecule has 0 spiro atoms. The number of carbonyl (C=O) groups is 1. The van der Waals surface area contributed by atoms with E-state index in [0.29, 0.717) is 55.0 Å². The zero-order chi connectivity index (χ0) is 24.1. The molecule has 0 atom stereocenters. The van der Waals surface area contributed by atoms with Gasteiger partial charge in [-0.1, -0.05) is 6.07 Å². The Morgan fingerprint density at radius 1 is 1.06 bits per heavy atom. The number of rotatable bonds is 6. The fourth-order valence-electron chi connectivity index (χ4n) is 3.70. The summed E-state index contributed by atoms with van der Waals surface area (Å²) in [6.45, 7) is 1.85. The van der Waals surface area contributed by atoms with Crippen molar-refractivity contribution >= 4 is 23.9 Å². The Morgan fingerprint density at radius 3 is 2.41 bits per heavy atom. The van der Waals surface area contributed by atoms with Crippen molar-refractivity contribution in [3.8, 4) is 17.6 Å². The van der Waals surface area contributed by atoms with Gasteiger partial charge >= 0.3 is 0 Å². The summed E-state index contributed by atoms with van der Waals surface area (Å²) >= 11 is 0. The van der Waals surface area contributed by atoms with Crippen LogP contribution in [-0.2, 0) is 0 Å². The Bertz CT molecular complexity index is 1240. The highest BCUT2D eigenvalue weighted by Gasteiger charge is 2.26. The van der Waals surface area contributed by atoms with E-state index in [2.05, 4.69) is 11.1 Å². The molecule has 1 saturated heterocycles. The van der Waals surface area contributed by atoms with Crippen LogP contribution in [0.25, 0.3) is 12.2 Å². The van der Waals surface area contributed by atoms with Gasteiger partial charge in [0.05, 0.1) is 14.2 Å². The zero-order valence-electron chi connectivity index (χ0n) is 18.8. The van der Waals surface area contributed by atoms with Crippen molar-refractivity contribution in [3.05, 3.63) is 71.0 Å². The maximum atomic E-state index is 13.1. The van der Waals surface area contributed by atoms with Crippen LogP contribution in [0, 0.1) is 17.1 Å². The molecule has 0 radical (unpaired) electrons. The van der Waals surface area contributed by atoms with Gasteiger partial charge in [0.15, 0.2) is 11.5 Å². The van der Waals surface area contributed by atoms with E-state index in [4.69, 9.17) is 13.9 Å². The first-order valence-electron chi connectivity index (χ1n) is 10.6. The summed E-state index contributed by atoms with van der Waals surface area (Å²) in [4.78, 5) is 20.5. The number of carbonyl (C=O) groups excluding carboxylic acids is 1. The molecule has 3 aromatic rings. The molecule has 0 aliphatic carbocycles. The second-order valence-electron chi connectivity index (χ2n) is 7.55. The van der Waals surface area contributed by atoms with Crippen molar-refractivity contribution in [2.45, 2.75) is 0 Å². The van der Waals surface area contributed by atoms with Gasteiger partial charge in [-0.2, -0.15) is 10.2 Å². The topological polar surface area (TPSA) is 91.8 Å². The highest BCUT2D eigenvalue weighted by Crippen LogP contribution is 2.29. The van der Waals surface area contributed by atoms with Gasteiger partial charge in [-0.3, -0.25) is 4.79 Å². The lowest BCUT2D eigenvalue weighted by Crippen LogP contribution is -2.48. The van der Waals surface area contributed by atoms with E-state index < -0.39 is 0 Å². The number of aromatic nitrogens is 1. The van der Waals surface area contributed by atoms with Crippen LogP contribution in [0.2, 0.25) is 0 Å². The van der Waals surface area contributed by atoms with Gasteiger partial charge in [0.2, 0.25) is 17.5 Å². The quantitative estimate of drug-likeness (QED) is 0.550. The van der Waals surface area contributed by atoms with Gasteiger partial charge in [0, 0.05) is 37.8 Å². The summed E-state index contributed by atoms with van der Waals surface area (Å²) in [5.74, 6) is 1.36. The van der Waals surface area contributed by atoms with Crippen LogP contribution < -0.4 is 14.4 Å². The van der Waals surface area contributed by atoms with Crippen LogP contribution in [0.1, 0.15) is 27.5 Å². The number of nitrogens with zero attached hydrogens (tertiary/aromatic N) is 4. The number of amides is 1. The van der Waals surface area contributed by atoms with Crippen LogP contribution in [0.15, 0.2) is 46.9 Å². The third-order valence-electron chi connectivity index (χ3n) is 5.50. The second-order valence-corrected chi connectivity index (χ2v) is 7.55. The molecule has 2 heterocycles. The number of ether oxygens (including phenoxy) is 2. The van der Waals surface area contributed by atoms with E-state index in [1.807, 2.05) is 17.0 Å². The second kappa shape index (κ2) is 10.1. The number of nitriles is 1. The van der Waals surface area contributed by atoms with Crippen LogP contribution in [0.4, 0.5) is 10.3 Å². The Hall–Kier alpha value is -4.32. The van der Waals surface area contributed by atoms with Crippen molar-refractivity contribution < 1.29 is 23.1 Å². The van der Waals surface area contributed by atoms with Gasteiger partial charge in [-0.25, -0.2) is 4.39 Å². The number of anilines is 1. The largest absolute Gasteiger partial charge is 0.493 e. The summed E-state index contributed by atoms with van der Waals surface area (Å²) in [7, 11) is 3.14. The summed E-state index contributed by atoms with van der Waals surface area (Å²) in [6.07, 6.45) is 3.48. The molecule has 2 aromatic carbocycles. The summed E-state index contributed by atoms with van der Waals surface area (Å²) < 4.78 is 29.6. The van der Waals surface area contributed by atoms with E-state index in [9.17, 15) is 14.4 Å². The Morgan fingerprint density at radius 2 is 1.76 bits per heavy atom. The number of hydrogen-bond acceptors (Lipinski definition) is 7. The van der Waals surface area contributed by atoms with Gasteiger partial charge in [0.25, 0.3) is 5.91 Å². The summed E-state index contributed by atoms with van der Waals surface area (Å²) in [5.41, 5.74) is 1.48. The molecule has 9 heteroatoms. The highest BCUT2D eigenvalue weighted by molar-refractivity contribution is 5.94. The molecule has 0 saturated carbocycles. The molecule has 0 unspecified atom stereocenters. The summed E-state index contributed by atoms with van der Waals surface area (Å²) in [5, 5.41) is 9.54.